The van der Waals surface area contributed by atoms with Crippen LogP contribution in [-0.2, 0) is 21.0 Å². The van der Waals surface area contributed by atoms with Crippen LogP contribution in [0.2, 0.25) is 0 Å². The van der Waals surface area contributed by atoms with Crippen molar-refractivity contribution in [1.82, 2.24) is 0 Å². The molecule has 2 N–H and O–H groups in total. The summed E-state index contributed by atoms with van der Waals surface area (Å²) >= 11 is 0. The maximum atomic E-state index is 11.0. The van der Waals surface area contributed by atoms with E-state index < -0.39 is 23.8 Å². The van der Waals surface area contributed by atoms with Crippen LogP contribution in [0.4, 0.5) is 0 Å². The Kier molecular flexibility index (Phi) is 9.79. The van der Waals surface area contributed by atoms with E-state index in [1.54, 1.807) is 0 Å². The van der Waals surface area contributed by atoms with Gasteiger partial charge < -0.3 is 10.2 Å². The molecule has 1 aliphatic heterocycles. The average molecular weight is 421 g/mol. The summed E-state index contributed by atoms with van der Waals surface area (Å²) < 4.78 is 0. The molecule has 0 radical (unpaired) electrons. The highest BCUT2D eigenvalue weighted by atomic mass is 17.2. The Labute approximate surface area is 181 Å². The Morgan fingerprint density at radius 1 is 1.10 bits per heavy atom. The van der Waals surface area contributed by atoms with Gasteiger partial charge in [0.15, 0.2) is 0 Å². The lowest BCUT2D eigenvalue weighted by atomic mass is 9.79. The highest BCUT2D eigenvalue weighted by Gasteiger charge is 2.49. The molecule has 1 aromatic rings. The summed E-state index contributed by atoms with van der Waals surface area (Å²) in [5.41, 5.74) is 0.950. The normalized spacial score (nSPS) is 27.7. The summed E-state index contributed by atoms with van der Waals surface area (Å²) in [4.78, 5) is 21.7. The third-order valence-corrected chi connectivity index (χ3v) is 6.34. The van der Waals surface area contributed by atoms with E-state index in [1.807, 2.05) is 13.8 Å². The molecule has 1 heterocycles. The topological polar surface area (TPSA) is 76.0 Å². The summed E-state index contributed by atoms with van der Waals surface area (Å²) in [5.74, 6) is -2.63. The van der Waals surface area contributed by atoms with Gasteiger partial charge >= 0.3 is 5.97 Å². The second-order valence-electron chi connectivity index (χ2n) is 9.59. The van der Waals surface area contributed by atoms with Gasteiger partial charge in [-0.25, -0.2) is 4.89 Å². The van der Waals surface area contributed by atoms with Crippen LogP contribution < -0.4 is 0 Å². The van der Waals surface area contributed by atoms with E-state index in [9.17, 15) is 9.90 Å². The van der Waals surface area contributed by atoms with Crippen molar-refractivity contribution in [1.29, 1.82) is 0 Å². The number of aliphatic carboxylic acids is 1. The molecule has 1 unspecified atom stereocenters. The van der Waals surface area contributed by atoms with Crippen molar-refractivity contribution in [3.63, 3.8) is 0 Å². The van der Waals surface area contributed by atoms with Crippen molar-refractivity contribution in [3.8, 4) is 0 Å². The lowest BCUT2D eigenvalue weighted by Crippen LogP contribution is -2.52. The van der Waals surface area contributed by atoms with Crippen molar-refractivity contribution in [2.75, 3.05) is 0 Å². The monoisotopic (exact) mass is 420 g/mol. The number of rotatable bonds is 13. The largest absolute Gasteiger partial charge is 0.481 e. The number of carboxylic acids is 1. The number of benzene rings is 1. The smallest absolute Gasteiger partial charge is 0.308 e. The van der Waals surface area contributed by atoms with E-state index in [0.717, 1.165) is 12.8 Å². The molecule has 0 aromatic heterocycles. The molecule has 2 rings (SSSR count). The van der Waals surface area contributed by atoms with Crippen molar-refractivity contribution in [3.05, 3.63) is 35.9 Å². The van der Waals surface area contributed by atoms with E-state index in [1.165, 1.54) is 50.5 Å². The van der Waals surface area contributed by atoms with Gasteiger partial charge in [0.05, 0.1) is 0 Å². The summed E-state index contributed by atoms with van der Waals surface area (Å²) in [5, 5.41) is 19.3. The SMILES string of the molecule is CC(CCCCCCCCc1ccccc1)C[C@@]1(C)C[C@@H](C)[C@](O)(CC(=O)O)OO1. The standard InChI is InChI=1S/C25H40O5/c1-20(13-9-6-4-5-7-10-14-22-15-11-8-12-16-22)17-24(3)18-21(2)25(28,30-29-24)19-23(26)27/h8,11-12,15-16,20-21,28H,4-7,9-10,13-14,17-19H2,1-3H3,(H,26,27)/t20?,21-,24+,25+/m1/s1. The number of aliphatic hydroxyl groups is 1. The number of unbranched alkanes of at least 4 members (excludes halogenated alkanes) is 5. The van der Waals surface area contributed by atoms with Crippen molar-refractivity contribution in [2.45, 2.75) is 103 Å². The molecule has 5 nitrogen and oxygen atoms in total. The third kappa shape index (κ3) is 8.37. The quantitative estimate of drug-likeness (QED) is 0.307. The van der Waals surface area contributed by atoms with Crippen LogP contribution in [-0.4, -0.2) is 27.6 Å². The molecule has 0 spiro atoms. The van der Waals surface area contributed by atoms with Crippen LogP contribution in [0.15, 0.2) is 30.3 Å². The first kappa shape index (κ1) is 24.8. The Bertz CT molecular complexity index is 634. The maximum absolute atomic E-state index is 11.0. The molecule has 0 bridgehead atoms. The minimum atomic E-state index is -1.74. The molecular weight excluding hydrogens is 380 g/mol. The summed E-state index contributed by atoms with van der Waals surface area (Å²) in [6.07, 6.45) is 10.9. The molecule has 0 amide bonds. The molecule has 1 fully saturated rings. The molecule has 1 aromatic carbocycles. The zero-order valence-corrected chi connectivity index (χ0v) is 18.9. The van der Waals surface area contributed by atoms with Gasteiger partial charge in [-0.2, -0.15) is 4.89 Å². The molecular formula is C25H40O5. The van der Waals surface area contributed by atoms with Gasteiger partial charge in [0.25, 0.3) is 0 Å². The summed E-state index contributed by atoms with van der Waals surface area (Å²) in [6.45, 7) is 6.05. The van der Waals surface area contributed by atoms with Crippen LogP contribution in [0.1, 0.15) is 90.5 Å². The van der Waals surface area contributed by atoms with Crippen molar-refractivity contribution >= 4 is 5.97 Å². The fraction of sp³-hybridized carbons (Fsp3) is 0.720. The van der Waals surface area contributed by atoms with Gasteiger partial charge in [0.1, 0.15) is 12.0 Å². The highest BCUT2D eigenvalue weighted by molar-refractivity contribution is 5.67. The minimum absolute atomic E-state index is 0.296. The minimum Gasteiger partial charge on any atom is -0.481 e. The second kappa shape index (κ2) is 11.8. The maximum Gasteiger partial charge on any atom is 0.308 e. The van der Waals surface area contributed by atoms with E-state index in [-0.39, 0.29) is 5.92 Å². The van der Waals surface area contributed by atoms with Crippen LogP contribution in [0.3, 0.4) is 0 Å². The van der Waals surface area contributed by atoms with Crippen LogP contribution in [0, 0.1) is 11.8 Å². The van der Waals surface area contributed by atoms with Gasteiger partial charge in [-0.1, -0.05) is 82.7 Å². The van der Waals surface area contributed by atoms with E-state index >= 15 is 0 Å². The van der Waals surface area contributed by atoms with Gasteiger partial charge in [-0.15, -0.1) is 0 Å². The summed E-state index contributed by atoms with van der Waals surface area (Å²) in [6, 6.07) is 10.7. The molecule has 5 heteroatoms. The molecule has 1 saturated heterocycles. The number of hydrogen-bond acceptors (Lipinski definition) is 4. The summed E-state index contributed by atoms with van der Waals surface area (Å²) in [7, 11) is 0. The predicted octanol–water partition coefficient (Wildman–Crippen LogP) is 5.90. The Balaban J connectivity index is 1.56. The van der Waals surface area contributed by atoms with Gasteiger partial charge in [-0.05, 0) is 44.1 Å². The zero-order chi connectivity index (χ0) is 22.0. The van der Waals surface area contributed by atoms with E-state index in [4.69, 9.17) is 14.9 Å². The second-order valence-corrected chi connectivity index (χ2v) is 9.59. The molecule has 170 valence electrons. The highest BCUT2D eigenvalue weighted by Crippen LogP contribution is 2.41. The van der Waals surface area contributed by atoms with Crippen molar-refractivity contribution in [2.24, 2.45) is 11.8 Å². The first-order valence-electron chi connectivity index (χ1n) is 11.6. The first-order chi connectivity index (χ1) is 14.2. The molecule has 1 aliphatic rings. The number of carbonyl (C=O) groups is 1. The molecule has 0 aliphatic carbocycles. The fourth-order valence-corrected chi connectivity index (χ4v) is 4.65. The molecule has 4 atom stereocenters. The number of hydrogen-bond donors (Lipinski definition) is 2. The van der Waals surface area contributed by atoms with Gasteiger partial charge in [-0.3, -0.25) is 4.79 Å². The zero-order valence-electron chi connectivity index (χ0n) is 18.9. The average Bonchev–Trinajstić information content (AvgIpc) is 2.68. The number of aryl methyl sites for hydroxylation is 1. The predicted molar refractivity (Wildman–Crippen MR) is 118 cm³/mol. The molecule has 30 heavy (non-hydrogen) atoms. The lowest BCUT2D eigenvalue weighted by Gasteiger charge is -2.45. The lowest BCUT2D eigenvalue weighted by molar-refractivity contribution is -0.497. The first-order valence-corrected chi connectivity index (χ1v) is 11.6. The van der Waals surface area contributed by atoms with Gasteiger partial charge in [0.2, 0.25) is 5.79 Å². The van der Waals surface area contributed by atoms with Crippen LogP contribution in [0.5, 0.6) is 0 Å². The van der Waals surface area contributed by atoms with Gasteiger partial charge in [0, 0.05) is 5.92 Å². The van der Waals surface area contributed by atoms with E-state index in [0.29, 0.717) is 12.3 Å². The molecule has 0 saturated carbocycles. The van der Waals surface area contributed by atoms with Crippen molar-refractivity contribution < 1.29 is 24.8 Å². The fourth-order valence-electron chi connectivity index (χ4n) is 4.65. The van der Waals surface area contributed by atoms with Crippen LogP contribution >= 0.6 is 0 Å². The Morgan fingerprint density at radius 2 is 1.73 bits per heavy atom. The van der Waals surface area contributed by atoms with Crippen LogP contribution in [0.25, 0.3) is 0 Å². The van der Waals surface area contributed by atoms with E-state index in [2.05, 4.69) is 37.3 Å². The third-order valence-electron chi connectivity index (χ3n) is 6.34. The number of carboxylic acid groups (broad SMARTS) is 1. The Hall–Kier alpha value is -1.43. The Morgan fingerprint density at radius 3 is 2.37 bits per heavy atom.